The van der Waals surface area contributed by atoms with E-state index in [1.165, 1.54) is 6.07 Å². The molecule has 0 unspecified atom stereocenters. The third-order valence-electron chi connectivity index (χ3n) is 2.74. The largest absolute Gasteiger partial charge is 0.347 e. The van der Waals surface area contributed by atoms with E-state index >= 15 is 0 Å². The van der Waals surface area contributed by atoms with E-state index in [9.17, 15) is 9.18 Å². The van der Waals surface area contributed by atoms with Gasteiger partial charge in [-0.25, -0.2) is 4.39 Å². The highest BCUT2D eigenvalue weighted by Gasteiger charge is 2.18. The van der Waals surface area contributed by atoms with Gasteiger partial charge in [0.05, 0.1) is 5.52 Å². The zero-order valence-electron chi connectivity index (χ0n) is 9.62. The molecule has 3 heteroatoms. The highest BCUT2D eigenvalue weighted by atomic mass is 19.1. The molecular formula is C13H14FNO. The number of para-hydroxylation sites is 1. The minimum Gasteiger partial charge on any atom is -0.347 e. The third-order valence-corrected chi connectivity index (χ3v) is 2.74. The van der Waals surface area contributed by atoms with Crippen molar-refractivity contribution in [2.75, 3.05) is 0 Å². The SMILES string of the molecule is CC(C)C(=O)c1cn(C)c2c(F)cccc12. The van der Waals surface area contributed by atoms with Crippen LogP contribution in [0.2, 0.25) is 0 Å². The lowest BCUT2D eigenvalue weighted by Gasteiger charge is -2.01. The summed E-state index contributed by atoms with van der Waals surface area (Å²) in [5.74, 6) is -0.312. The predicted octanol–water partition coefficient (Wildman–Crippen LogP) is 3.16. The van der Waals surface area contributed by atoms with Crippen LogP contribution in [0.5, 0.6) is 0 Å². The van der Waals surface area contributed by atoms with E-state index in [4.69, 9.17) is 0 Å². The number of fused-ring (bicyclic) bond motifs is 1. The number of hydrogen-bond donors (Lipinski definition) is 0. The summed E-state index contributed by atoms with van der Waals surface area (Å²) < 4.78 is 15.3. The Hall–Kier alpha value is -1.64. The van der Waals surface area contributed by atoms with Gasteiger partial charge in [0.25, 0.3) is 0 Å². The van der Waals surface area contributed by atoms with E-state index in [2.05, 4.69) is 0 Å². The molecule has 0 radical (unpaired) electrons. The number of benzene rings is 1. The van der Waals surface area contributed by atoms with Crippen LogP contribution in [0.25, 0.3) is 10.9 Å². The van der Waals surface area contributed by atoms with Gasteiger partial charge in [-0.1, -0.05) is 26.0 Å². The predicted molar refractivity (Wildman–Crippen MR) is 62.0 cm³/mol. The van der Waals surface area contributed by atoms with Crippen molar-refractivity contribution in [3.05, 3.63) is 35.8 Å². The smallest absolute Gasteiger partial charge is 0.167 e. The maximum Gasteiger partial charge on any atom is 0.167 e. The van der Waals surface area contributed by atoms with Crippen LogP contribution in [0.4, 0.5) is 4.39 Å². The van der Waals surface area contributed by atoms with E-state index in [1.807, 2.05) is 13.8 Å². The second-order valence-electron chi connectivity index (χ2n) is 4.31. The van der Waals surface area contributed by atoms with Crippen LogP contribution in [0.3, 0.4) is 0 Å². The van der Waals surface area contributed by atoms with E-state index in [0.717, 1.165) is 0 Å². The van der Waals surface area contributed by atoms with Crippen molar-refractivity contribution in [3.8, 4) is 0 Å². The Kier molecular flexibility index (Phi) is 2.54. The van der Waals surface area contributed by atoms with Crippen molar-refractivity contribution in [3.63, 3.8) is 0 Å². The highest BCUT2D eigenvalue weighted by molar-refractivity contribution is 6.08. The molecular weight excluding hydrogens is 205 g/mol. The number of rotatable bonds is 2. The standard InChI is InChI=1S/C13H14FNO/c1-8(2)13(16)10-7-15(3)12-9(10)5-4-6-11(12)14/h4-8H,1-3H3. The van der Waals surface area contributed by atoms with Gasteiger partial charge in [0.2, 0.25) is 0 Å². The fourth-order valence-electron chi connectivity index (χ4n) is 1.93. The third kappa shape index (κ3) is 1.52. The Morgan fingerprint density at radius 1 is 1.38 bits per heavy atom. The second-order valence-corrected chi connectivity index (χ2v) is 4.31. The van der Waals surface area contributed by atoms with E-state index in [1.54, 1.807) is 29.9 Å². The van der Waals surface area contributed by atoms with E-state index in [-0.39, 0.29) is 17.5 Å². The molecule has 0 saturated heterocycles. The number of nitrogens with zero attached hydrogens (tertiary/aromatic N) is 1. The van der Waals surface area contributed by atoms with Gasteiger partial charge in [-0.15, -0.1) is 0 Å². The lowest BCUT2D eigenvalue weighted by molar-refractivity contribution is 0.0941. The number of carbonyl (C=O) groups excluding carboxylic acids is 1. The van der Waals surface area contributed by atoms with Gasteiger partial charge in [-0.3, -0.25) is 4.79 Å². The Morgan fingerprint density at radius 2 is 2.06 bits per heavy atom. The summed E-state index contributed by atoms with van der Waals surface area (Å²) in [6, 6.07) is 4.83. The molecule has 0 spiro atoms. The molecule has 0 N–H and O–H groups in total. The lowest BCUT2D eigenvalue weighted by atomic mass is 10.0. The molecule has 0 fully saturated rings. The van der Waals surface area contributed by atoms with Gasteiger partial charge in [0, 0.05) is 30.1 Å². The molecule has 0 atom stereocenters. The average Bonchev–Trinajstić information content (AvgIpc) is 2.56. The van der Waals surface area contributed by atoms with E-state index in [0.29, 0.717) is 16.5 Å². The summed E-state index contributed by atoms with van der Waals surface area (Å²) in [7, 11) is 1.75. The monoisotopic (exact) mass is 219 g/mol. The Balaban J connectivity index is 2.74. The summed E-state index contributed by atoms with van der Waals surface area (Å²) in [6.07, 6.45) is 1.70. The molecule has 2 rings (SSSR count). The molecule has 0 aliphatic carbocycles. The molecule has 0 aliphatic heterocycles. The average molecular weight is 219 g/mol. The molecule has 2 aromatic rings. The summed E-state index contributed by atoms with van der Waals surface area (Å²) in [5, 5.41) is 0.696. The number of hydrogen-bond acceptors (Lipinski definition) is 1. The number of aryl methyl sites for hydroxylation is 1. The van der Waals surface area contributed by atoms with Gasteiger partial charge in [-0.2, -0.15) is 0 Å². The molecule has 2 nitrogen and oxygen atoms in total. The molecule has 1 aromatic carbocycles. The van der Waals surface area contributed by atoms with Crippen molar-refractivity contribution in [1.29, 1.82) is 0 Å². The molecule has 0 bridgehead atoms. The van der Waals surface area contributed by atoms with Crippen LogP contribution >= 0.6 is 0 Å². The first-order valence-electron chi connectivity index (χ1n) is 5.30. The lowest BCUT2D eigenvalue weighted by Crippen LogP contribution is -2.06. The summed E-state index contributed by atoms with van der Waals surface area (Å²) in [4.78, 5) is 11.9. The zero-order chi connectivity index (χ0) is 11.9. The van der Waals surface area contributed by atoms with Gasteiger partial charge in [0.1, 0.15) is 5.82 Å². The van der Waals surface area contributed by atoms with E-state index < -0.39 is 0 Å². The van der Waals surface area contributed by atoms with Gasteiger partial charge >= 0.3 is 0 Å². The highest BCUT2D eigenvalue weighted by Crippen LogP contribution is 2.25. The van der Waals surface area contributed by atoms with Crippen molar-refractivity contribution < 1.29 is 9.18 Å². The molecule has 84 valence electrons. The van der Waals surface area contributed by atoms with Crippen LogP contribution < -0.4 is 0 Å². The molecule has 0 saturated carbocycles. The van der Waals surface area contributed by atoms with Crippen molar-refractivity contribution in [2.24, 2.45) is 13.0 Å². The Labute approximate surface area is 93.7 Å². The number of carbonyl (C=O) groups is 1. The van der Waals surface area contributed by atoms with Crippen LogP contribution in [0.15, 0.2) is 24.4 Å². The number of Topliss-reactive ketones (excluding diaryl/α,β-unsaturated/α-hetero) is 1. The fourth-order valence-corrected chi connectivity index (χ4v) is 1.93. The van der Waals surface area contributed by atoms with Crippen LogP contribution in [0, 0.1) is 11.7 Å². The first kappa shape index (κ1) is 10.9. The molecule has 1 heterocycles. The first-order chi connectivity index (χ1) is 7.52. The summed E-state index contributed by atoms with van der Waals surface area (Å²) in [5.41, 5.74) is 1.10. The van der Waals surface area contributed by atoms with Crippen molar-refractivity contribution in [1.82, 2.24) is 4.57 Å². The van der Waals surface area contributed by atoms with Crippen LogP contribution in [0.1, 0.15) is 24.2 Å². The molecule has 0 aliphatic rings. The first-order valence-corrected chi connectivity index (χ1v) is 5.30. The number of aromatic nitrogens is 1. The Morgan fingerprint density at radius 3 is 2.69 bits per heavy atom. The van der Waals surface area contributed by atoms with Gasteiger partial charge < -0.3 is 4.57 Å². The van der Waals surface area contributed by atoms with Gasteiger partial charge in [0.15, 0.2) is 5.78 Å². The topological polar surface area (TPSA) is 22.0 Å². The molecule has 16 heavy (non-hydrogen) atoms. The number of halogens is 1. The minimum absolute atomic E-state index is 0.0520. The maximum absolute atomic E-state index is 13.6. The summed E-state index contributed by atoms with van der Waals surface area (Å²) >= 11 is 0. The molecule has 1 aromatic heterocycles. The van der Waals surface area contributed by atoms with Gasteiger partial charge in [-0.05, 0) is 6.07 Å². The fraction of sp³-hybridized carbons (Fsp3) is 0.308. The second kappa shape index (κ2) is 3.74. The normalized spacial score (nSPS) is 11.3. The minimum atomic E-state index is -0.289. The van der Waals surface area contributed by atoms with Crippen molar-refractivity contribution in [2.45, 2.75) is 13.8 Å². The van der Waals surface area contributed by atoms with Crippen molar-refractivity contribution >= 4 is 16.7 Å². The van der Waals surface area contributed by atoms with Crippen LogP contribution in [-0.4, -0.2) is 10.4 Å². The molecule has 0 amide bonds. The Bertz CT molecular complexity index is 554. The maximum atomic E-state index is 13.6. The number of ketones is 1. The quantitative estimate of drug-likeness (QED) is 0.711. The zero-order valence-corrected chi connectivity index (χ0v) is 9.62. The summed E-state index contributed by atoms with van der Waals surface area (Å²) in [6.45, 7) is 3.70. The van der Waals surface area contributed by atoms with Crippen LogP contribution in [-0.2, 0) is 7.05 Å².